The summed E-state index contributed by atoms with van der Waals surface area (Å²) in [6.45, 7) is 0. The topological polar surface area (TPSA) is 29.6 Å². The Labute approximate surface area is 68.7 Å². The maximum absolute atomic E-state index is 10.7. The minimum absolute atomic E-state index is 0.370. The van der Waals surface area contributed by atoms with Gasteiger partial charge in [0, 0.05) is 5.56 Å². The number of hydrogen-bond donors (Lipinski definition) is 0. The summed E-state index contributed by atoms with van der Waals surface area (Å²) < 4.78 is 4.62. The van der Waals surface area contributed by atoms with E-state index in [9.17, 15) is 4.79 Å². The lowest BCUT2D eigenvalue weighted by Gasteiger charge is -1.96. The van der Waals surface area contributed by atoms with Crippen LogP contribution >= 0.6 is 11.6 Å². The Morgan fingerprint density at radius 2 is 1.82 bits per heavy atom. The molecule has 56 valence electrons. The maximum Gasteiger partial charge on any atom is 0.374 e. The van der Waals surface area contributed by atoms with Gasteiger partial charge in [0.2, 0.25) is 0 Å². The highest BCUT2D eigenvalue weighted by atomic mass is 35.5. The third-order valence-electron chi connectivity index (χ3n) is 1.60. The first kappa shape index (κ1) is 6.68. The van der Waals surface area contributed by atoms with Crippen LogP contribution in [0.5, 0.6) is 0 Å². The van der Waals surface area contributed by atoms with Crippen molar-refractivity contribution in [3.8, 4) is 0 Å². The van der Waals surface area contributed by atoms with E-state index in [0.717, 1.165) is 0 Å². The predicted molar refractivity (Wildman–Crippen MR) is 40.1 cm³/mol. The van der Waals surface area contributed by atoms with E-state index < -0.39 is 5.06 Å². The van der Waals surface area contributed by atoms with Crippen LogP contribution in [-0.4, -0.2) is 5.97 Å². The van der Waals surface area contributed by atoms with E-state index in [1.807, 2.05) is 18.2 Å². The number of carbonyl (C=O) groups excluding carboxylic acids is 1. The number of cyclic esters (lactones) is 1. The van der Waals surface area contributed by atoms with Gasteiger partial charge in [0.1, 0.15) is 0 Å². The van der Waals surface area contributed by atoms with Crippen molar-refractivity contribution in [2.75, 3.05) is 0 Å². The van der Waals surface area contributed by atoms with E-state index in [4.69, 9.17) is 11.6 Å². The Morgan fingerprint density at radius 1 is 1.27 bits per heavy atom. The van der Waals surface area contributed by atoms with Crippen molar-refractivity contribution in [3.63, 3.8) is 0 Å². The fourth-order valence-corrected chi connectivity index (χ4v) is 1.13. The largest absolute Gasteiger partial charge is 0.423 e. The van der Waals surface area contributed by atoms with Gasteiger partial charge in [-0.25, -0.2) is 4.79 Å². The lowest BCUT2D eigenvalue weighted by Crippen LogP contribution is -1.99. The van der Waals surface area contributed by atoms with Crippen LogP contribution in [-0.2, 0) is 14.6 Å². The summed E-state index contributed by atoms with van der Waals surface area (Å²) in [5, 5.41) is -1.17. The Bertz CT molecular complexity index is 296. The van der Waals surface area contributed by atoms with Gasteiger partial charge in [-0.3, -0.25) is 0 Å². The molecule has 0 aliphatic carbocycles. The Morgan fingerprint density at radius 3 is 2.27 bits per heavy atom. The fraction of sp³-hybridized carbons (Fsp3) is 0.125. The molecular weight excluding hydrogens is 164 g/mol. The van der Waals surface area contributed by atoms with Crippen molar-refractivity contribution in [1.29, 1.82) is 0 Å². The molecule has 1 aliphatic rings. The molecule has 0 bridgehead atoms. The lowest BCUT2D eigenvalue weighted by atomic mass is 10.2. The molecule has 1 atom stereocenters. The van der Waals surface area contributed by atoms with Gasteiger partial charge in [-0.2, -0.15) is 0 Å². The van der Waals surface area contributed by atoms with Crippen LogP contribution in [0.3, 0.4) is 0 Å². The number of carbonyl (C=O) groups is 1. The number of rotatable bonds is 1. The monoisotopic (exact) mass is 168 g/mol. The summed E-state index contributed by atoms with van der Waals surface area (Å²) >= 11 is 5.75. The van der Waals surface area contributed by atoms with Crippen molar-refractivity contribution in [2.45, 2.75) is 5.06 Å². The Hall–Kier alpha value is -1.02. The number of benzene rings is 1. The van der Waals surface area contributed by atoms with Gasteiger partial charge in [0.05, 0.1) is 0 Å². The molecule has 0 N–H and O–H groups in total. The van der Waals surface area contributed by atoms with Crippen LogP contribution in [0.4, 0.5) is 0 Å². The number of epoxide rings is 1. The highest BCUT2D eigenvalue weighted by Gasteiger charge is 2.58. The van der Waals surface area contributed by atoms with Crippen molar-refractivity contribution in [1.82, 2.24) is 0 Å². The normalized spacial score (nSPS) is 27.9. The van der Waals surface area contributed by atoms with Gasteiger partial charge in [-0.15, -0.1) is 0 Å². The molecule has 1 aliphatic heterocycles. The SMILES string of the molecule is O=C1OC1(Cl)c1ccccc1. The molecule has 1 saturated heterocycles. The standard InChI is InChI=1S/C8H5ClO2/c9-8(7(10)11-8)6-4-2-1-3-5-6/h1-5H. The lowest BCUT2D eigenvalue weighted by molar-refractivity contribution is -0.117. The number of hydrogen-bond acceptors (Lipinski definition) is 2. The molecule has 2 nitrogen and oxygen atoms in total. The van der Waals surface area contributed by atoms with Crippen LogP contribution < -0.4 is 0 Å². The molecule has 1 fully saturated rings. The van der Waals surface area contributed by atoms with E-state index in [-0.39, 0.29) is 5.97 Å². The summed E-state index contributed by atoms with van der Waals surface area (Å²) in [6.07, 6.45) is 0. The zero-order chi connectivity index (χ0) is 7.90. The molecule has 0 amide bonds. The number of halogens is 1. The van der Waals surface area contributed by atoms with Crippen LogP contribution in [0.1, 0.15) is 5.56 Å². The third kappa shape index (κ3) is 0.906. The van der Waals surface area contributed by atoms with Gasteiger partial charge in [-0.05, 0) is 0 Å². The predicted octanol–water partition coefficient (Wildman–Crippen LogP) is 1.64. The first-order chi connectivity index (χ1) is 5.23. The molecule has 3 heteroatoms. The zero-order valence-corrected chi connectivity index (χ0v) is 6.34. The van der Waals surface area contributed by atoms with Crippen molar-refractivity contribution in [3.05, 3.63) is 35.9 Å². The summed E-state index contributed by atoms with van der Waals surface area (Å²) in [5.41, 5.74) is 0.701. The molecule has 11 heavy (non-hydrogen) atoms. The smallest absolute Gasteiger partial charge is 0.374 e. The highest BCUT2D eigenvalue weighted by molar-refractivity contribution is 6.38. The van der Waals surface area contributed by atoms with Crippen LogP contribution in [0.25, 0.3) is 0 Å². The molecule has 2 rings (SSSR count). The molecule has 1 aromatic carbocycles. The van der Waals surface area contributed by atoms with E-state index in [2.05, 4.69) is 4.74 Å². The van der Waals surface area contributed by atoms with Crippen LogP contribution in [0, 0.1) is 0 Å². The molecule has 0 radical (unpaired) electrons. The molecule has 0 spiro atoms. The second-order valence-electron chi connectivity index (χ2n) is 2.35. The third-order valence-corrected chi connectivity index (χ3v) is 2.05. The summed E-state index contributed by atoms with van der Waals surface area (Å²) in [6, 6.07) is 9.01. The van der Waals surface area contributed by atoms with E-state index in [1.165, 1.54) is 0 Å². The van der Waals surface area contributed by atoms with Gasteiger partial charge in [-0.1, -0.05) is 41.9 Å². The number of ether oxygens (including phenoxy) is 1. The Kier molecular flexibility index (Phi) is 1.20. The van der Waals surface area contributed by atoms with Gasteiger partial charge in [0.25, 0.3) is 0 Å². The maximum atomic E-state index is 10.7. The molecular formula is C8H5ClO2. The first-order valence-corrected chi connectivity index (χ1v) is 3.59. The zero-order valence-electron chi connectivity index (χ0n) is 5.58. The first-order valence-electron chi connectivity index (χ1n) is 3.21. The average molecular weight is 169 g/mol. The Balaban J connectivity index is 2.39. The molecule has 0 saturated carbocycles. The van der Waals surface area contributed by atoms with Crippen LogP contribution in [0.15, 0.2) is 30.3 Å². The second-order valence-corrected chi connectivity index (χ2v) is 2.88. The van der Waals surface area contributed by atoms with E-state index >= 15 is 0 Å². The van der Waals surface area contributed by atoms with Crippen molar-refractivity contribution in [2.24, 2.45) is 0 Å². The van der Waals surface area contributed by atoms with Crippen molar-refractivity contribution < 1.29 is 9.53 Å². The molecule has 1 heterocycles. The van der Waals surface area contributed by atoms with Crippen molar-refractivity contribution >= 4 is 17.6 Å². The molecule has 1 unspecified atom stereocenters. The average Bonchev–Trinajstić information content (AvgIpc) is 2.64. The fourth-order valence-electron chi connectivity index (χ4n) is 0.932. The van der Waals surface area contributed by atoms with Gasteiger partial charge >= 0.3 is 11.0 Å². The van der Waals surface area contributed by atoms with Crippen LogP contribution in [0.2, 0.25) is 0 Å². The van der Waals surface area contributed by atoms with E-state index in [0.29, 0.717) is 5.56 Å². The molecule has 0 aromatic heterocycles. The van der Waals surface area contributed by atoms with Gasteiger partial charge < -0.3 is 4.74 Å². The summed E-state index contributed by atoms with van der Waals surface area (Å²) in [4.78, 5) is 10.7. The highest BCUT2D eigenvalue weighted by Crippen LogP contribution is 2.44. The summed E-state index contributed by atoms with van der Waals surface area (Å²) in [7, 11) is 0. The minimum Gasteiger partial charge on any atom is -0.423 e. The number of alkyl halides is 1. The van der Waals surface area contributed by atoms with E-state index in [1.54, 1.807) is 12.1 Å². The van der Waals surface area contributed by atoms with Gasteiger partial charge in [0.15, 0.2) is 0 Å². The summed E-state index contributed by atoms with van der Waals surface area (Å²) in [5.74, 6) is -0.370. The minimum atomic E-state index is -1.17. The second kappa shape index (κ2) is 1.98. The quantitative estimate of drug-likeness (QED) is 0.471. The molecule has 1 aromatic rings.